The van der Waals surface area contributed by atoms with E-state index in [4.69, 9.17) is 0 Å². The lowest BCUT2D eigenvalue weighted by atomic mass is 10.2. The van der Waals surface area contributed by atoms with E-state index in [0.717, 1.165) is 50.5 Å². The summed E-state index contributed by atoms with van der Waals surface area (Å²) in [7, 11) is 0. The second-order valence-electron chi connectivity index (χ2n) is 4.69. The van der Waals surface area contributed by atoms with Crippen LogP contribution >= 0.6 is 0 Å². The quantitative estimate of drug-likeness (QED) is 0.805. The Kier molecular flexibility index (Phi) is 6.26. The van der Waals surface area contributed by atoms with E-state index in [0.29, 0.717) is 5.82 Å². The van der Waals surface area contributed by atoms with E-state index in [1.807, 2.05) is 18.7 Å². The maximum Gasteiger partial charge on any atom is 0.417 e. The summed E-state index contributed by atoms with van der Waals surface area (Å²) >= 11 is 0. The van der Waals surface area contributed by atoms with Gasteiger partial charge in [-0.1, -0.05) is 13.0 Å². The van der Waals surface area contributed by atoms with Gasteiger partial charge in [-0.05, 0) is 25.8 Å². The number of nitrogens with zero attached hydrogens (tertiary/aromatic N) is 2. The molecular formula is C14H22F3N3. The highest BCUT2D eigenvalue weighted by Crippen LogP contribution is 2.25. The molecule has 0 spiro atoms. The molecule has 0 aromatic heterocycles. The molecule has 1 heterocycles. The van der Waals surface area contributed by atoms with Crippen LogP contribution in [0.5, 0.6) is 0 Å². The van der Waals surface area contributed by atoms with Crippen molar-refractivity contribution in [3.05, 3.63) is 23.0 Å². The Balaban J connectivity index is 2.96. The van der Waals surface area contributed by atoms with E-state index in [-0.39, 0.29) is 0 Å². The van der Waals surface area contributed by atoms with Gasteiger partial charge in [-0.25, -0.2) is 4.99 Å². The third kappa shape index (κ3) is 4.67. The van der Waals surface area contributed by atoms with Gasteiger partial charge in [0, 0.05) is 32.4 Å². The van der Waals surface area contributed by atoms with Crippen molar-refractivity contribution in [2.45, 2.75) is 33.4 Å². The fraction of sp³-hybridized carbons (Fsp3) is 0.643. The van der Waals surface area contributed by atoms with Crippen molar-refractivity contribution in [2.24, 2.45) is 4.99 Å². The van der Waals surface area contributed by atoms with Crippen LogP contribution in [0.1, 0.15) is 27.2 Å². The lowest BCUT2D eigenvalue weighted by molar-refractivity contribution is -0.0857. The standard InChI is InChI=1S/C14H22F3N3/c1-4-11(3)13(20-8-6-18-7-9-20)19-10-12(5-2)14(15,16)17/h5,10,18H,4,6-9H2,1-3H3/b12-5+,13-11?,19-10-. The summed E-state index contributed by atoms with van der Waals surface area (Å²) < 4.78 is 38.1. The number of hydrogen-bond donors (Lipinski definition) is 1. The van der Waals surface area contributed by atoms with Crippen molar-refractivity contribution in [1.82, 2.24) is 10.2 Å². The molecule has 1 aliphatic heterocycles. The Labute approximate surface area is 118 Å². The van der Waals surface area contributed by atoms with Gasteiger partial charge in [0.05, 0.1) is 5.57 Å². The van der Waals surface area contributed by atoms with Crippen LogP contribution in [0.25, 0.3) is 0 Å². The van der Waals surface area contributed by atoms with Crippen molar-refractivity contribution in [3.8, 4) is 0 Å². The average Bonchev–Trinajstić information content (AvgIpc) is 2.42. The molecule has 3 nitrogen and oxygen atoms in total. The molecule has 0 bridgehead atoms. The minimum atomic E-state index is -4.35. The van der Waals surface area contributed by atoms with Crippen LogP contribution in [-0.2, 0) is 0 Å². The normalized spacial score (nSPS) is 19.5. The summed E-state index contributed by atoms with van der Waals surface area (Å²) in [6, 6.07) is 0. The maximum absolute atomic E-state index is 12.7. The van der Waals surface area contributed by atoms with Crippen molar-refractivity contribution in [3.63, 3.8) is 0 Å². The van der Waals surface area contributed by atoms with E-state index < -0.39 is 11.7 Å². The summed E-state index contributed by atoms with van der Waals surface area (Å²) in [5.74, 6) is 0.664. The molecule has 0 amide bonds. The molecule has 6 heteroatoms. The van der Waals surface area contributed by atoms with Crippen LogP contribution in [0, 0.1) is 0 Å². The van der Waals surface area contributed by atoms with Crippen LogP contribution in [0.15, 0.2) is 28.0 Å². The Hall–Kier alpha value is -1.30. The first-order chi connectivity index (χ1) is 9.40. The highest BCUT2D eigenvalue weighted by Gasteiger charge is 2.31. The predicted molar refractivity (Wildman–Crippen MR) is 75.7 cm³/mol. The van der Waals surface area contributed by atoms with Crippen molar-refractivity contribution in [1.29, 1.82) is 0 Å². The molecule has 1 aliphatic rings. The Bertz CT molecular complexity index is 402. The van der Waals surface area contributed by atoms with E-state index in [1.54, 1.807) is 0 Å². The minimum Gasteiger partial charge on any atom is -0.354 e. The molecule has 0 aliphatic carbocycles. The highest BCUT2D eigenvalue weighted by molar-refractivity contribution is 5.80. The van der Waals surface area contributed by atoms with Gasteiger partial charge in [-0.15, -0.1) is 0 Å². The molecule has 114 valence electrons. The van der Waals surface area contributed by atoms with E-state index in [9.17, 15) is 13.2 Å². The third-order valence-electron chi connectivity index (χ3n) is 3.29. The van der Waals surface area contributed by atoms with Crippen LogP contribution in [-0.4, -0.2) is 43.5 Å². The van der Waals surface area contributed by atoms with E-state index in [1.165, 1.54) is 6.92 Å². The molecule has 0 saturated carbocycles. The Morgan fingerprint density at radius 1 is 1.30 bits per heavy atom. The Morgan fingerprint density at radius 3 is 2.35 bits per heavy atom. The number of alkyl halides is 3. The van der Waals surface area contributed by atoms with Gasteiger partial charge in [-0.2, -0.15) is 13.2 Å². The fourth-order valence-corrected chi connectivity index (χ4v) is 1.94. The van der Waals surface area contributed by atoms with Gasteiger partial charge in [0.15, 0.2) is 0 Å². The first kappa shape index (κ1) is 16.8. The third-order valence-corrected chi connectivity index (χ3v) is 3.29. The SMILES string of the molecule is C/C=C(\C=N/C(=C(C)CC)N1CCNCC1)C(F)(F)F. The van der Waals surface area contributed by atoms with Crippen molar-refractivity contribution >= 4 is 6.21 Å². The number of halogens is 3. The highest BCUT2D eigenvalue weighted by atomic mass is 19.4. The first-order valence-electron chi connectivity index (χ1n) is 6.83. The number of hydrogen-bond acceptors (Lipinski definition) is 3. The minimum absolute atomic E-state index is 0.664. The average molecular weight is 289 g/mol. The molecule has 1 N–H and O–H groups in total. The summed E-state index contributed by atoms with van der Waals surface area (Å²) in [5, 5.41) is 3.22. The summed E-state index contributed by atoms with van der Waals surface area (Å²) in [6.07, 6.45) is -1.61. The monoisotopic (exact) mass is 289 g/mol. The zero-order valence-corrected chi connectivity index (χ0v) is 12.2. The summed E-state index contributed by atoms with van der Waals surface area (Å²) in [5.41, 5.74) is 0.287. The largest absolute Gasteiger partial charge is 0.417 e. The van der Waals surface area contributed by atoms with E-state index in [2.05, 4.69) is 10.3 Å². The molecule has 0 radical (unpaired) electrons. The molecule has 0 atom stereocenters. The summed E-state index contributed by atoms with van der Waals surface area (Å²) in [6.45, 7) is 8.45. The first-order valence-corrected chi connectivity index (χ1v) is 6.83. The van der Waals surface area contributed by atoms with Crippen molar-refractivity contribution in [2.75, 3.05) is 26.2 Å². The molecule has 0 aromatic carbocycles. The summed E-state index contributed by atoms with van der Waals surface area (Å²) in [4.78, 5) is 6.16. The van der Waals surface area contributed by atoms with Gasteiger partial charge >= 0.3 is 6.18 Å². The second kappa shape index (κ2) is 7.47. The predicted octanol–water partition coefficient (Wildman–Crippen LogP) is 3.11. The van der Waals surface area contributed by atoms with Gasteiger partial charge in [-0.3, -0.25) is 0 Å². The lowest BCUT2D eigenvalue weighted by Crippen LogP contribution is -2.42. The number of allylic oxidation sites excluding steroid dienone is 3. The van der Waals surface area contributed by atoms with E-state index >= 15 is 0 Å². The molecular weight excluding hydrogens is 267 g/mol. The van der Waals surface area contributed by atoms with Crippen LogP contribution in [0.2, 0.25) is 0 Å². The Morgan fingerprint density at radius 2 is 1.90 bits per heavy atom. The molecule has 20 heavy (non-hydrogen) atoms. The molecule has 1 fully saturated rings. The molecule has 0 aromatic rings. The smallest absolute Gasteiger partial charge is 0.354 e. The van der Waals surface area contributed by atoms with Gasteiger partial charge in [0.1, 0.15) is 5.82 Å². The maximum atomic E-state index is 12.7. The van der Waals surface area contributed by atoms with Gasteiger partial charge in [0.2, 0.25) is 0 Å². The van der Waals surface area contributed by atoms with Crippen LogP contribution < -0.4 is 5.32 Å². The van der Waals surface area contributed by atoms with Gasteiger partial charge < -0.3 is 10.2 Å². The molecule has 0 unspecified atom stereocenters. The number of nitrogens with one attached hydrogen (secondary N) is 1. The van der Waals surface area contributed by atoms with Crippen LogP contribution in [0.4, 0.5) is 13.2 Å². The number of rotatable bonds is 4. The zero-order valence-electron chi connectivity index (χ0n) is 12.2. The lowest BCUT2D eigenvalue weighted by Gasteiger charge is -2.30. The van der Waals surface area contributed by atoms with Crippen molar-refractivity contribution < 1.29 is 13.2 Å². The second-order valence-corrected chi connectivity index (χ2v) is 4.69. The number of aliphatic imine (C=N–C) groups is 1. The fourth-order valence-electron chi connectivity index (χ4n) is 1.94. The number of piperazine rings is 1. The molecule has 1 saturated heterocycles. The zero-order chi connectivity index (χ0) is 15.2. The van der Waals surface area contributed by atoms with Crippen LogP contribution in [0.3, 0.4) is 0 Å². The molecule has 1 rings (SSSR count). The van der Waals surface area contributed by atoms with Gasteiger partial charge in [0.25, 0.3) is 0 Å². The topological polar surface area (TPSA) is 27.6 Å².